The van der Waals surface area contributed by atoms with Crippen LogP contribution in [0.2, 0.25) is 0 Å². The maximum absolute atomic E-state index is 13.3. The number of halogens is 2. The molecule has 158 valence electrons. The highest BCUT2D eigenvalue weighted by Gasteiger charge is 2.38. The molecule has 0 spiro atoms. The van der Waals surface area contributed by atoms with Crippen LogP contribution >= 0.6 is 11.3 Å². The third kappa shape index (κ3) is 3.79. The number of anilines is 1. The Morgan fingerprint density at radius 2 is 2.03 bits per heavy atom. The number of carbonyl (C=O) groups is 3. The van der Waals surface area contributed by atoms with Gasteiger partial charge in [-0.3, -0.25) is 14.4 Å². The van der Waals surface area contributed by atoms with E-state index in [2.05, 4.69) is 10.3 Å². The highest BCUT2D eigenvalue weighted by molar-refractivity contribution is 7.16. The molecule has 7 nitrogen and oxygen atoms in total. The summed E-state index contributed by atoms with van der Waals surface area (Å²) in [5.41, 5.74) is 0.701. The van der Waals surface area contributed by atoms with E-state index in [1.165, 1.54) is 22.3 Å². The summed E-state index contributed by atoms with van der Waals surface area (Å²) in [4.78, 5) is 43.6. The molecule has 2 aliphatic rings. The van der Waals surface area contributed by atoms with Gasteiger partial charge in [0.05, 0.1) is 18.2 Å². The lowest BCUT2D eigenvalue weighted by Gasteiger charge is -2.38. The number of rotatable bonds is 5. The van der Waals surface area contributed by atoms with Crippen LogP contribution in [0.25, 0.3) is 0 Å². The Labute approximate surface area is 175 Å². The first-order valence-corrected chi connectivity index (χ1v) is 10.4. The van der Waals surface area contributed by atoms with E-state index in [1.54, 1.807) is 6.92 Å². The van der Waals surface area contributed by atoms with Crippen molar-refractivity contribution < 1.29 is 27.9 Å². The molecule has 1 aliphatic heterocycles. The number of aryl methyl sites for hydroxylation is 1. The van der Waals surface area contributed by atoms with Crippen LogP contribution in [0.3, 0.4) is 0 Å². The summed E-state index contributed by atoms with van der Waals surface area (Å²) >= 11 is 1.34. The number of fused-ring (bicyclic) bond motifs is 1. The zero-order valence-electron chi connectivity index (χ0n) is 16.1. The number of benzene rings is 1. The maximum Gasteiger partial charge on any atom is 0.315 e. The van der Waals surface area contributed by atoms with Crippen LogP contribution in [0.4, 0.5) is 13.9 Å². The summed E-state index contributed by atoms with van der Waals surface area (Å²) in [5.74, 6) is -3.95. The first-order chi connectivity index (χ1) is 14.4. The monoisotopic (exact) mass is 435 g/mol. The summed E-state index contributed by atoms with van der Waals surface area (Å²) in [6.45, 7) is 2.42. The van der Waals surface area contributed by atoms with Gasteiger partial charge in [-0.15, -0.1) is 11.3 Å². The predicted octanol–water partition coefficient (Wildman–Crippen LogP) is 2.72. The van der Waals surface area contributed by atoms with Crippen molar-refractivity contribution in [2.24, 2.45) is 5.92 Å². The van der Waals surface area contributed by atoms with E-state index in [-0.39, 0.29) is 30.5 Å². The van der Waals surface area contributed by atoms with Crippen molar-refractivity contribution in [3.05, 3.63) is 46.0 Å². The number of nitrogens with zero attached hydrogens (tertiary/aromatic N) is 2. The molecule has 1 unspecified atom stereocenters. The van der Waals surface area contributed by atoms with Crippen LogP contribution in [0, 0.1) is 17.6 Å². The van der Waals surface area contributed by atoms with E-state index in [1.807, 2.05) is 0 Å². The molecule has 0 radical (unpaired) electrons. The summed E-state index contributed by atoms with van der Waals surface area (Å²) in [7, 11) is 0. The van der Waals surface area contributed by atoms with Gasteiger partial charge in [0.15, 0.2) is 16.8 Å². The smallest absolute Gasteiger partial charge is 0.315 e. The SMILES string of the molecule is CCOC(=O)C1CCc2sc(NC(=O)C3CN(C(=O)c4ccc(F)c(F)c4)C3)nc21. The van der Waals surface area contributed by atoms with Crippen LogP contribution in [0.15, 0.2) is 18.2 Å². The average molecular weight is 435 g/mol. The Balaban J connectivity index is 1.33. The van der Waals surface area contributed by atoms with Gasteiger partial charge in [-0.2, -0.15) is 0 Å². The topological polar surface area (TPSA) is 88.6 Å². The Bertz CT molecular complexity index is 1020. The standard InChI is InChI=1S/C20H19F2N3O4S/c1-2-29-19(28)12-4-6-15-16(12)23-20(30-15)24-17(26)11-8-25(9-11)18(27)10-3-5-13(21)14(22)7-10/h3,5,7,11-12H,2,4,6,8-9H2,1H3,(H,23,24,26). The van der Waals surface area contributed by atoms with E-state index in [0.717, 1.165) is 17.0 Å². The Hall–Kier alpha value is -2.88. The molecule has 2 aromatic rings. The Kier molecular flexibility index (Phi) is 5.50. The zero-order chi connectivity index (χ0) is 21.4. The van der Waals surface area contributed by atoms with Crippen LogP contribution in [0.5, 0.6) is 0 Å². The largest absolute Gasteiger partial charge is 0.465 e. The van der Waals surface area contributed by atoms with E-state index >= 15 is 0 Å². The van der Waals surface area contributed by atoms with E-state index in [4.69, 9.17) is 4.74 Å². The maximum atomic E-state index is 13.3. The lowest BCUT2D eigenvalue weighted by atomic mass is 9.98. The minimum Gasteiger partial charge on any atom is -0.465 e. The summed E-state index contributed by atoms with van der Waals surface area (Å²) in [6, 6.07) is 2.96. The molecule has 1 saturated heterocycles. The third-order valence-electron chi connectivity index (χ3n) is 5.23. The van der Waals surface area contributed by atoms with E-state index < -0.39 is 29.4 Å². The highest BCUT2D eigenvalue weighted by Crippen LogP contribution is 2.39. The van der Waals surface area contributed by atoms with Gasteiger partial charge in [0.2, 0.25) is 5.91 Å². The zero-order valence-corrected chi connectivity index (χ0v) is 16.9. The van der Waals surface area contributed by atoms with Crippen LogP contribution in [-0.2, 0) is 20.7 Å². The molecule has 4 rings (SSSR count). The molecule has 1 fully saturated rings. The number of nitrogens with one attached hydrogen (secondary N) is 1. The fourth-order valence-corrected chi connectivity index (χ4v) is 4.62. The van der Waals surface area contributed by atoms with Gasteiger partial charge in [0, 0.05) is 23.5 Å². The molecular formula is C20H19F2N3O4S. The second kappa shape index (κ2) is 8.10. The minimum absolute atomic E-state index is 0.0362. The molecule has 1 aromatic carbocycles. The third-order valence-corrected chi connectivity index (χ3v) is 6.27. The number of aromatic nitrogens is 1. The molecule has 2 heterocycles. The first kappa shape index (κ1) is 20.4. The van der Waals surface area contributed by atoms with Crippen LogP contribution in [0.1, 0.15) is 40.2 Å². The summed E-state index contributed by atoms with van der Waals surface area (Å²) < 4.78 is 31.4. The molecule has 10 heteroatoms. The number of ether oxygens (including phenoxy) is 1. The molecule has 30 heavy (non-hydrogen) atoms. The van der Waals surface area contributed by atoms with Crippen molar-refractivity contribution in [3.63, 3.8) is 0 Å². The van der Waals surface area contributed by atoms with Crippen LogP contribution in [-0.4, -0.2) is 47.4 Å². The normalized spacial score (nSPS) is 18.0. The summed E-state index contributed by atoms with van der Waals surface area (Å²) in [6.07, 6.45) is 1.37. The minimum atomic E-state index is -1.09. The van der Waals surface area contributed by atoms with Gasteiger partial charge < -0.3 is 15.0 Å². The van der Waals surface area contributed by atoms with E-state index in [9.17, 15) is 23.2 Å². The van der Waals surface area contributed by atoms with E-state index in [0.29, 0.717) is 30.3 Å². The number of carbonyl (C=O) groups excluding carboxylic acids is 3. The van der Waals surface area contributed by atoms with Gasteiger partial charge in [-0.1, -0.05) is 0 Å². The number of likely N-dealkylation sites (tertiary alicyclic amines) is 1. The number of hydrogen-bond donors (Lipinski definition) is 1. The van der Waals surface area contributed by atoms with Crippen molar-refractivity contribution in [1.82, 2.24) is 9.88 Å². The second-order valence-corrected chi connectivity index (χ2v) is 8.28. The second-order valence-electron chi connectivity index (χ2n) is 7.20. The van der Waals surface area contributed by atoms with Gasteiger partial charge in [-0.05, 0) is 38.0 Å². The first-order valence-electron chi connectivity index (χ1n) is 9.58. The molecule has 1 aromatic heterocycles. The van der Waals surface area contributed by atoms with Gasteiger partial charge >= 0.3 is 5.97 Å². The van der Waals surface area contributed by atoms with Crippen molar-refractivity contribution >= 4 is 34.3 Å². The predicted molar refractivity (Wildman–Crippen MR) is 104 cm³/mol. The quantitative estimate of drug-likeness (QED) is 0.730. The Morgan fingerprint density at radius 3 is 2.73 bits per heavy atom. The van der Waals surface area contributed by atoms with Crippen molar-refractivity contribution in [3.8, 4) is 0 Å². The fraction of sp³-hybridized carbons (Fsp3) is 0.400. The molecule has 1 aliphatic carbocycles. The van der Waals surface area contributed by atoms with Gasteiger partial charge in [0.25, 0.3) is 5.91 Å². The number of hydrogen-bond acceptors (Lipinski definition) is 6. The average Bonchev–Trinajstić information content (AvgIpc) is 3.22. The molecule has 1 atom stereocenters. The molecular weight excluding hydrogens is 416 g/mol. The number of thiazole rings is 1. The number of esters is 1. The lowest BCUT2D eigenvalue weighted by molar-refractivity contribution is -0.145. The molecule has 2 amide bonds. The fourth-order valence-electron chi connectivity index (χ4n) is 3.58. The van der Waals surface area contributed by atoms with Crippen molar-refractivity contribution in [2.75, 3.05) is 25.0 Å². The summed E-state index contributed by atoms with van der Waals surface area (Å²) in [5, 5.41) is 3.17. The lowest BCUT2D eigenvalue weighted by Crippen LogP contribution is -2.54. The molecule has 0 saturated carbocycles. The molecule has 0 bridgehead atoms. The Morgan fingerprint density at radius 1 is 1.27 bits per heavy atom. The van der Waals surface area contributed by atoms with Crippen molar-refractivity contribution in [2.45, 2.75) is 25.7 Å². The number of amides is 2. The van der Waals surface area contributed by atoms with Gasteiger partial charge in [0.1, 0.15) is 5.92 Å². The van der Waals surface area contributed by atoms with Gasteiger partial charge in [-0.25, -0.2) is 13.8 Å². The van der Waals surface area contributed by atoms with Crippen molar-refractivity contribution in [1.29, 1.82) is 0 Å². The van der Waals surface area contributed by atoms with Crippen LogP contribution < -0.4 is 5.32 Å². The molecule has 1 N–H and O–H groups in total. The highest BCUT2D eigenvalue weighted by atomic mass is 32.1.